The van der Waals surface area contributed by atoms with Crippen LogP contribution in [0.5, 0.6) is 5.75 Å². The van der Waals surface area contributed by atoms with Crippen LogP contribution in [0.1, 0.15) is 31.9 Å². The summed E-state index contributed by atoms with van der Waals surface area (Å²) < 4.78 is 5.67. The van der Waals surface area contributed by atoms with Crippen LogP contribution in [0.2, 0.25) is 0 Å². The van der Waals surface area contributed by atoms with Crippen molar-refractivity contribution in [3.8, 4) is 5.75 Å². The number of rotatable bonds is 5. The molecule has 1 aromatic carbocycles. The molecule has 0 saturated carbocycles. The molecule has 2 heteroatoms. The Hall–Kier alpha value is -1.28. The fourth-order valence-electron chi connectivity index (χ4n) is 1.32. The lowest BCUT2D eigenvalue weighted by molar-refractivity contribution is 0.317. The summed E-state index contributed by atoms with van der Waals surface area (Å²) in [5.41, 5.74) is 8.04. The molecule has 0 saturated heterocycles. The van der Waals surface area contributed by atoms with Gasteiger partial charge in [0.1, 0.15) is 5.75 Å². The molecule has 1 aromatic rings. The fourth-order valence-corrected chi connectivity index (χ4v) is 1.32. The smallest absolute Gasteiger partial charge is 0.124 e. The van der Waals surface area contributed by atoms with E-state index in [0.29, 0.717) is 6.61 Å². The largest absolute Gasteiger partial charge is 0.493 e. The van der Waals surface area contributed by atoms with Crippen molar-refractivity contribution in [2.24, 2.45) is 5.73 Å². The van der Waals surface area contributed by atoms with Gasteiger partial charge in [0.15, 0.2) is 0 Å². The summed E-state index contributed by atoms with van der Waals surface area (Å²) in [6.07, 6.45) is 0.882. The van der Waals surface area contributed by atoms with Crippen LogP contribution in [0.15, 0.2) is 36.4 Å². The van der Waals surface area contributed by atoms with Crippen LogP contribution in [-0.2, 0) is 0 Å². The molecule has 1 unspecified atom stereocenters. The van der Waals surface area contributed by atoms with Gasteiger partial charge in [0.2, 0.25) is 0 Å². The van der Waals surface area contributed by atoms with Gasteiger partial charge in [0, 0.05) is 18.0 Å². The molecule has 2 nitrogen and oxygen atoms in total. The molecule has 0 aliphatic carbocycles. The molecule has 0 amide bonds. The van der Waals surface area contributed by atoms with E-state index >= 15 is 0 Å². The first kappa shape index (κ1) is 11.8. The summed E-state index contributed by atoms with van der Waals surface area (Å²) in [7, 11) is 0. The number of para-hydroxylation sites is 1. The summed E-state index contributed by atoms with van der Waals surface area (Å²) in [6.45, 7) is 8.46. The first-order chi connectivity index (χ1) is 7.11. The van der Waals surface area contributed by atoms with Crippen molar-refractivity contribution >= 4 is 0 Å². The molecule has 2 N–H and O–H groups in total. The van der Waals surface area contributed by atoms with E-state index in [2.05, 4.69) is 6.58 Å². The Labute approximate surface area is 91.7 Å². The highest BCUT2D eigenvalue weighted by Crippen LogP contribution is 2.23. The van der Waals surface area contributed by atoms with Gasteiger partial charge in [-0.15, -0.1) is 6.58 Å². The second-order valence-corrected chi connectivity index (χ2v) is 3.88. The van der Waals surface area contributed by atoms with Crippen molar-refractivity contribution in [1.82, 2.24) is 0 Å². The zero-order chi connectivity index (χ0) is 11.3. The molecule has 0 heterocycles. The Morgan fingerprint density at radius 1 is 1.47 bits per heavy atom. The monoisotopic (exact) mass is 205 g/mol. The van der Waals surface area contributed by atoms with Crippen LogP contribution in [0.3, 0.4) is 0 Å². The number of hydrogen-bond donors (Lipinski definition) is 1. The lowest BCUT2D eigenvalue weighted by atomic mass is 10.1. The second-order valence-electron chi connectivity index (χ2n) is 3.88. The molecule has 0 aliphatic rings. The minimum Gasteiger partial charge on any atom is -0.493 e. The van der Waals surface area contributed by atoms with E-state index in [-0.39, 0.29) is 6.04 Å². The van der Waals surface area contributed by atoms with Crippen LogP contribution in [0.25, 0.3) is 0 Å². The van der Waals surface area contributed by atoms with Crippen molar-refractivity contribution in [3.63, 3.8) is 0 Å². The summed E-state index contributed by atoms with van der Waals surface area (Å²) in [4.78, 5) is 0. The van der Waals surface area contributed by atoms with E-state index in [4.69, 9.17) is 10.5 Å². The maximum absolute atomic E-state index is 5.85. The van der Waals surface area contributed by atoms with Crippen LogP contribution in [0.4, 0.5) is 0 Å². The third-order valence-electron chi connectivity index (χ3n) is 2.20. The second kappa shape index (κ2) is 5.56. The SMILES string of the molecule is C=C(C)CCOc1ccccc1C(C)N. The molecule has 0 radical (unpaired) electrons. The lowest BCUT2D eigenvalue weighted by Gasteiger charge is -2.13. The first-order valence-electron chi connectivity index (χ1n) is 5.23. The predicted molar refractivity (Wildman–Crippen MR) is 64.0 cm³/mol. The van der Waals surface area contributed by atoms with Crippen molar-refractivity contribution in [3.05, 3.63) is 42.0 Å². The van der Waals surface area contributed by atoms with Gasteiger partial charge in [-0.25, -0.2) is 0 Å². The van der Waals surface area contributed by atoms with E-state index in [9.17, 15) is 0 Å². The van der Waals surface area contributed by atoms with Gasteiger partial charge in [-0.05, 0) is 19.9 Å². The Bertz CT molecular complexity index is 331. The number of ether oxygens (including phenoxy) is 1. The van der Waals surface area contributed by atoms with Crippen LogP contribution in [-0.4, -0.2) is 6.61 Å². The summed E-state index contributed by atoms with van der Waals surface area (Å²) in [6, 6.07) is 7.90. The van der Waals surface area contributed by atoms with Crippen molar-refractivity contribution < 1.29 is 4.74 Å². The van der Waals surface area contributed by atoms with E-state index in [1.165, 1.54) is 0 Å². The van der Waals surface area contributed by atoms with Gasteiger partial charge in [-0.2, -0.15) is 0 Å². The highest BCUT2D eigenvalue weighted by Gasteiger charge is 2.06. The normalized spacial score (nSPS) is 12.2. The topological polar surface area (TPSA) is 35.2 Å². The molecular formula is C13H19NO. The van der Waals surface area contributed by atoms with Gasteiger partial charge >= 0.3 is 0 Å². The maximum atomic E-state index is 5.85. The molecule has 1 rings (SSSR count). The Kier molecular flexibility index (Phi) is 4.37. The number of benzene rings is 1. The standard InChI is InChI=1S/C13H19NO/c1-10(2)8-9-15-13-7-5-4-6-12(13)11(3)14/h4-7,11H,1,8-9,14H2,2-3H3. The zero-order valence-electron chi connectivity index (χ0n) is 9.49. The maximum Gasteiger partial charge on any atom is 0.124 e. The Morgan fingerprint density at radius 2 is 2.13 bits per heavy atom. The number of hydrogen-bond acceptors (Lipinski definition) is 2. The van der Waals surface area contributed by atoms with Crippen LogP contribution in [0, 0.1) is 0 Å². The third-order valence-corrected chi connectivity index (χ3v) is 2.20. The summed E-state index contributed by atoms with van der Waals surface area (Å²) in [5.74, 6) is 0.883. The van der Waals surface area contributed by atoms with E-state index in [1.807, 2.05) is 38.1 Å². The molecule has 0 bridgehead atoms. The first-order valence-corrected chi connectivity index (χ1v) is 5.23. The average molecular weight is 205 g/mol. The van der Waals surface area contributed by atoms with Gasteiger partial charge in [-0.1, -0.05) is 23.8 Å². The molecule has 15 heavy (non-hydrogen) atoms. The highest BCUT2D eigenvalue weighted by atomic mass is 16.5. The molecule has 1 atom stereocenters. The van der Waals surface area contributed by atoms with Crippen LogP contribution < -0.4 is 10.5 Å². The third kappa shape index (κ3) is 3.76. The lowest BCUT2D eigenvalue weighted by Crippen LogP contribution is -2.08. The van der Waals surface area contributed by atoms with Crippen molar-refractivity contribution in [2.45, 2.75) is 26.3 Å². The molecule has 0 fully saturated rings. The number of nitrogens with two attached hydrogens (primary N) is 1. The van der Waals surface area contributed by atoms with Gasteiger partial charge < -0.3 is 10.5 Å². The summed E-state index contributed by atoms with van der Waals surface area (Å²) in [5, 5.41) is 0. The quantitative estimate of drug-likeness (QED) is 0.750. The van der Waals surface area contributed by atoms with Crippen molar-refractivity contribution in [1.29, 1.82) is 0 Å². The fraction of sp³-hybridized carbons (Fsp3) is 0.385. The predicted octanol–water partition coefficient (Wildman–Crippen LogP) is 3.05. The van der Waals surface area contributed by atoms with Gasteiger partial charge in [0.05, 0.1) is 6.61 Å². The van der Waals surface area contributed by atoms with Crippen molar-refractivity contribution in [2.75, 3.05) is 6.61 Å². The van der Waals surface area contributed by atoms with E-state index in [1.54, 1.807) is 0 Å². The molecular weight excluding hydrogens is 186 g/mol. The highest BCUT2D eigenvalue weighted by molar-refractivity contribution is 5.35. The van der Waals surface area contributed by atoms with Crippen LogP contribution >= 0.6 is 0 Å². The van der Waals surface area contributed by atoms with Gasteiger partial charge in [0.25, 0.3) is 0 Å². The van der Waals surface area contributed by atoms with E-state index < -0.39 is 0 Å². The van der Waals surface area contributed by atoms with Gasteiger partial charge in [-0.3, -0.25) is 0 Å². The minimum atomic E-state index is 0.00558. The Morgan fingerprint density at radius 3 is 2.73 bits per heavy atom. The molecule has 0 aliphatic heterocycles. The summed E-state index contributed by atoms with van der Waals surface area (Å²) >= 11 is 0. The van der Waals surface area contributed by atoms with E-state index in [0.717, 1.165) is 23.3 Å². The zero-order valence-corrected chi connectivity index (χ0v) is 9.49. The Balaban J connectivity index is 2.63. The minimum absolute atomic E-state index is 0.00558. The molecule has 0 aromatic heterocycles. The average Bonchev–Trinajstić information content (AvgIpc) is 2.17. The molecule has 82 valence electrons. The molecule has 0 spiro atoms.